The van der Waals surface area contributed by atoms with Crippen LogP contribution in [0.4, 0.5) is 5.69 Å². The first-order chi connectivity index (χ1) is 9.40. The molecule has 0 fully saturated rings. The van der Waals surface area contributed by atoms with Crippen molar-refractivity contribution in [2.45, 2.75) is 6.92 Å². The summed E-state index contributed by atoms with van der Waals surface area (Å²) in [7, 11) is 0. The summed E-state index contributed by atoms with van der Waals surface area (Å²) in [6.07, 6.45) is 0. The minimum Gasteiger partial charge on any atom is -0.432 e. The highest BCUT2D eigenvalue weighted by molar-refractivity contribution is 6.42. The Kier molecular flexibility index (Phi) is 4.27. The minimum atomic E-state index is -0.653. The highest BCUT2D eigenvalue weighted by atomic mass is 35.5. The fraction of sp³-hybridized carbons (Fsp3) is 0.0909. The van der Waals surface area contributed by atoms with Crippen molar-refractivity contribution < 1.29 is 9.66 Å². The van der Waals surface area contributed by atoms with Gasteiger partial charge in [-0.05, 0) is 30.7 Å². The second-order valence-corrected chi connectivity index (χ2v) is 4.77. The Balaban J connectivity index is 2.53. The van der Waals surface area contributed by atoms with Crippen LogP contribution in [0.2, 0.25) is 15.3 Å². The molecule has 2 aromatic rings. The zero-order valence-corrected chi connectivity index (χ0v) is 12.2. The van der Waals surface area contributed by atoms with Gasteiger partial charge in [0.1, 0.15) is 16.5 Å². The van der Waals surface area contributed by atoms with Crippen molar-refractivity contribution in [3.8, 4) is 11.6 Å². The number of ether oxygens (including phenoxy) is 1. The molecule has 0 saturated carbocycles. The van der Waals surface area contributed by atoms with Crippen LogP contribution < -0.4 is 4.74 Å². The number of halogens is 3. The van der Waals surface area contributed by atoms with Crippen molar-refractivity contribution in [3.05, 3.63) is 49.3 Å². The van der Waals surface area contributed by atoms with Gasteiger partial charge in [-0.2, -0.15) is 4.98 Å². The molecule has 0 radical (unpaired) electrons. The minimum absolute atomic E-state index is 0.0863. The molecule has 1 heterocycles. The monoisotopic (exact) mass is 333 g/mol. The molecular weight excluding hydrogens is 328 g/mol. The second-order valence-electron chi connectivity index (χ2n) is 3.64. The van der Waals surface area contributed by atoms with E-state index < -0.39 is 4.92 Å². The molecule has 0 aliphatic heterocycles. The first-order valence-corrected chi connectivity index (χ1v) is 6.34. The molecule has 1 aromatic heterocycles. The lowest BCUT2D eigenvalue weighted by atomic mass is 10.3. The maximum Gasteiger partial charge on any atom is 0.352 e. The summed E-state index contributed by atoms with van der Waals surface area (Å²) in [5, 5.41) is 11.2. The summed E-state index contributed by atoms with van der Waals surface area (Å²) in [6.45, 7) is 1.43. The molecule has 20 heavy (non-hydrogen) atoms. The summed E-state index contributed by atoms with van der Waals surface area (Å²) in [5.74, 6) is -0.159. The summed E-state index contributed by atoms with van der Waals surface area (Å²) in [6, 6.07) is 4.65. The molecule has 0 aliphatic rings. The van der Waals surface area contributed by atoms with Crippen LogP contribution in [0.1, 0.15) is 5.69 Å². The van der Waals surface area contributed by atoms with Crippen LogP contribution in [0.25, 0.3) is 0 Å². The van der Waals surface area contributed by atoms with Crippen LogP contribution >= 0.6 is 34.8 Å². The molecular formula is C11H6Cl3N3O3. The predicted molar refractivity (Wildman–Crippen MR) is 75.0 cm³/mol. The van der Waals surface area contributed by atoms with Gasteiger partial charge in [-0.25, -0.2) is 4.98 Å². The van der Waals surface area contributed by atoms with Crippen LogP contribution in [0.5, 0.6) is 11.6 Å². The molecule has 0 spiro atoms. The molecule has 1 aromatic carbocycles. The molecule has 2 rings (SSSR count). The zero-order valence-electron chi connectivity index (χ0n) is 9.93. The van der Waals surface area contributed by atoms with Crippen LogP contribution in [-0.2, 0) is 0 Å². The molecule has 0 bridgehead atoms. The molecule has 0 saturated heterocycles. The van der Waals surface area contributed by atoms with E-state index in [1.165, 1.54) is 13.0 Å². The lowest BCUT2D eigenvalue weighted by molar-refractivity contribution is -0.386. The SMILES string of the molecule is Cc1nc(Cl)nc(Oc2cccc(Cl)c2Cl)c1[N+](=O)[O-]. The van der Waals surface area contributed by atoms with Gasteiger partial charge in [0.05, 0.1) is 9.95 Å². The molecule has 0 N–H and O–H groups in total. The van der Waals surface area contributed by atoms with E-state index in [1.807, 2.05) is 0 Å². The Morgan fingerprint density at radius 2 is 1.95 bits per heavy atom. The van der Waals surface area contributed by atoms with E-state index in [1.54, 1.807) is 12.1 Å². The Morgan fingerprint density at radius 1 is 1.25 bits per heavy atom. The molecule has 0 aliphatic carbocycles. The number of aryl methyl sites for hydroxylation is 1. The first kappa shape index (κ1) is 14.8. The molecule has 6 nitrogen and oxygen atoms in total. The second kappa shape index (κ2) is 5.78. The highest BCUT2D eigenvalue weighted by Gasteiger charge is 2.24. The van der Waals surface area contributed by atoms with Crippen molar-refractivity contribution in [1.29, 1.82) is 0 Å². The standard InChI is InChI=1S/C11H6Cl3N3O3/c1-5-9(17(18)19)10(16-11(14)15-5)20-7-4-2-3-6(12)8(7)13/h2-4H,1H3. The number of rotatable bonds is 3. The summed E-state index contributed by atoms with van der Waals surface area (Å²) < 4.78 is 5.35. The number of aromatic nitrogens is 2. The summed E-state index contributed by atoms with van der Waals surface area (Å²) >= 11 is 17.5. The topological polar surface area (TPSA) is 78.2 Å². The van der Waals surface area contributed by atoms with E-state index in [2.05, 4.69) is 9.97 Å². The van der Waals surface area contributed by atoms with Crippen molar-refractivity contribution in [2.75, 3.05) is 0 Å². The molecule has 9 heteroatoms. The van der Waals surface area contributed by atoms with Gasteiger partial charge in [-0.15, -0.1) is 0 Å². The van der Waals surface area contributed by atoms with Crippen molar-refractivity contribution in [2.24, 2.45) is 0 Å². The fourth-order valence-corrected chi connectivity index (χ4v) is 1.99. The van der Waals surface area contributed by atoms with Gasteiger partial charge in [0.2, 0.25) is 5.28 Å². The molecule has 0 unspecified atom stereocenters. The van der Waals surface area contributed by atoms with Gasteiger partial charge in [0, 0.05) is 0 Å². The van der Waals surface area contributed by atoms with Crippen molar-refractivity contribution >= 4 is 40.5 Å². The normalized spacial score (nSPS) is 10.4. The average Bonchev–Trinajstić information content (AvgIpc) is 2.33. The third-order valence-electron chi connectivity index (χ3n) is 2.30. The van der Waals surface area contributed by atoms with Gasteiger partial charge in [0.25, 0.3) is 0 Å². The van der Waals surface area contributed by atoms with Gasteiger partial charge in [-0.3, -0.25) is 10.1 Å². The zero-order chi connectivity index (χ0) is 14.9. The largest absolute Gasteiger partial charge is 0.432 e. The average molecular weight is 335 g/mol. The highest BCUT2D eigenvalue weighted by Crippen LogP contribution is 2.38. The quantitative estimate of drug-likeness (QED) is 0.471. The Morgan fingerprint density at radius 3 is 2.60 bits per heavy atom. The Labute approximate surface area is 128 Å². The van der Waals surface area contributed by atoms with Crippen LogP contribution in [-0.4, -0.2) is 14.9 Å². The lowest BCUT2D eigenvalue weighted by Gasteiger charge is -2.08. The van der Waals surface area contributed by atoms with Crippen molar-refractivity contribution in [3.63, 3.8) is 0 Å². The van der Waals surface area contributed by atoms with Gasteiger partial charge in [-0.1, -0.05) is 29.3 Å². The van der Waals surface area contributed by atoms with Gasteiger partial charge >= 0.3 is 11.6 Å². The molecule has 0 atom stereocenters. The fourth-order valence-electron chi connectivity index (χ4n) is 1.46. The van der Waals surface area contributed by atoms with Gasteiger partial charge in [0.15, 0.2) is 0 Å². The predicted octanol–water partition coefficient (Wildman–Crippen LogP) is 4.45. The number of nitrogens with zero attached hydrogens (tertiary/aromatic N) is 3. The Hall–Kier alpha value is -1.63. The first-order valence-electron chi connectivity index (χ1n) is 5.20. The maximum atomic E-state index is 11.0. The molecule has 104 valence electrons. The van der Waals surface area contributed by atoms with E-state index in [9.17, 15) is 10.1 Å². The lowest BCUT2D eigenvalue weighted by Crippen LogP contribution is -2.01. The smallest absolute Gasteiger partial charge is 0.352 e. The summed E-state index contributed by atoms with van der Waals surface area (Å²) in [5.41, 5.74) is -0.298. The van der Waals surface area contributed by atoms with Crippen LogP contribution in [0, 0.1) is 17.0 Å². The van der Waals surface area contributed by atoms with E-state index in [4.69, 9.17) is 39.5 Å². The third kappa shape index (κ3) is 2.92. The van der Waals surface area contributed by atoms with E-state index >= 15 is 0 Å². The number of hydrogen-bond acceptors (Lipinski definition) is 5. The Bertz CT molecular complexity index is 694. The van der Waals surface area contributed by atoms with Gasteiger partial charge < -0.3 is 4.74 Å². The third-order valence-corrected chi connectivity index (χ3v) is 3.28. The number of hydrogen-bond donors (Lipinski definition) is 0. The van der Waals surface area contributed by atoms with Crippen LogP contribution in [0.3, 0.4) is 0 Å². The maximum absolute atomic E-state index is 11.0. The summed E-state index contributed by atoms with van der Waals surface area (Å²) in [4.78, 5) is 17.8. The van der Waals surface area contributed by atoms with E-state index in [0.717, 1.165) is 0 Å². The van der Waals surface area contributed by atoms with E-state index in [0.29, 0.717) is 0 Å². The number of nitro groups is 1. The van der Waals surface area contributed by atoms with Crippen LogP contribution in [0.15, 0.2) is 18.2 Å². The van der Waals surface area contributed by atoms with E-state index in [-0.39, 0.29) is 38.3 Å². The number of benzene rings is 1. The molecule has 0 amide bonds. The van der Waals surface area contributed by atoms with Crippen molar-refractivity contribution in [1.82, 2.24) is 9.97 Å².